The van der Waals surface area contributed by atoms with Crippen LogP contribution in [-0.4, -0.2) is 24.4 Å². The molecule has 0 spiro atoms. The molecule has 0 aliphatic carbocycles. The molecule has 1 rings (SSSR count). The number of hydrogen-bond donors (Lipinski definition) is 1. The van der Waals surface area contributed by atoms with Crippen LogP contribution in [0.25, 0.3) is 0 Å². The zero-order chi connectivity index (χ0) is 13.8. The normalized spacial score (nSPS) is 11.4. The van der Waals surface area contributed by atoms with Gasteiger partial charge in [0.1, 0.15) is 5.82 Å². The summed E-state index contributed by atoms with van der Waals surface area (Å²) in [6.07, 6.45) is 0.652. The molecule has 0 radical (unpaired) electrons. The number of benzene rings is 1. The summed E-state index contributed by atoms with van der Waals surface area (Å²) in [4.78, 5) is 13.9. The molecule has 0 fully saturated rings. The lowest BCUT2D eigenvalue weighted by atomic mass is 9.87. The molecule has 1 aromatic rings. The summed E-state index contributed by atoms with van der Waals surface area (Å²) in [6, 6.07) is 6.18. The SMILES string of the molecule is CN(Cc1ccc(F)cc1)C(=O)C(C)(C)CCN. The van der Waals surface area contributed by atoms with Crippen LogP contribution in [0, 0.1) is 11.2 Å². The van der Waals surface area contributed by atoms with Gasteiger partial charge in [-0.3, -0.25) is 4.79 Å². The second kappa shape index (κ2) is 5.96. The molecule has 0 bridgehead atoms. The van der Waals surface area contributed by atoms with E-state index in [1.807, 2.05) is 13.8 Å². The van der Waals surface area contributed by atoms with Gasteiger partial charge in [0.2, 0.25) is 5.91 Å². The summed E-state index contributed by atoms with van der Waals surface area (Å²) < 4.78 is 12.8. The second-order valence-corrected chi connectivity index (χ2v) is 5.21. The van der Waals surface area contributed by atoms with E-state index in [4.69, 9.17) is 5.73 Å². The van der Waals surface area contributed by atoms with Crippen LogP contribution in [0.4, 0.5) is 4.39 Å². The van der Waals surface area contributed by atoms with Gasteiger partial charge < -0.3 is 10.6 Å². The van der Waals surface area contributed by atoms with Gasteiger partial charge in [-0.15, -0.1) is 0 Å². The second-order valence-electron chi connectivity index (χ2n) is 5.21. The number of carbonyl (C=O) groups is 1. The van der Waals surface area contributed by atoms with E-state index < -0.39 is 5.41 Å². The molecule has 0 heterocycles. The molecule has 3 nitrogen and oxygen atoms in total. The Morgan fingerprint density at radius 2 is 1.89 bits per heavy atom. The van der Waals surface area contributed by atoms with Crippen molar-refractivity contribution in [2.45, 2.75) is 26.8 Å². The summed E-state index contributed by atoms with van der Waals surface area (Å²) in [5.74, 6) is -0.214. The van der Waals surface area contributed by atoms with Gasteiger partial charge in [0, 0.05) is 19.0 Å². The van der Waals surface area contributed by atoms with Gasteiger partial charge in [0.25, 0.3) is 0 Å². The van der Waals surface area contributed by atoms with Crippen molar-refractivity contribution in [1.82, 2.24) is 4.90 Å². The summed E-state index contributed by atoms with van der Waals surface area (Å²) in [5, 5.41) is 0. The lowest BCUT2D eigenvalue weighted by molar-refractivity contribution is -0.139. The van der Waals surface area contributed by atoms with E-state index in [0.717, 1.165) is 5.56 Å². The molecule has 4 heteroatoms. The number of halogens is 1. The molecular weight excluding hydrogens is 231 g/mol. The Morgan fingerprint density at radius 1 is 1.33 bits per heavy atom. The predicted octanol–water partition coefficient (Wildman–Crippen LogP) is 2.16. The molecule has 0 aromatic heterocycles. The molecule has 2 N–H and O–H groups in total. The maximum absolute atomic E-state index is 12.8. The molecule has 0 aliphatic heterocycles. The van der Waals surface area contributed by atoms with Crippen LogP contribution in [0.2, 0.25) is 0 Å². The zero-order valence-corrected chi connectivity index (χ0v) is 11.2. The molecule has 18 heavy (non-hydrogen) atoms. The number of hydrogen-bond acceptors (Lipinski definition) is 2. The summed E-state index contributed by atoms with van der Waals surface area (Å²) in [5.41, 5.74) is 5.97. The fourth-order valence-electron chi connectivity index (χ4n) is 1.92. The first-order valence-corrected chi connectivity index (χ1v) is 6.07. The van der Waals surface area contributed by atoms with Crippen molar-refractivity contribution in [1.29, 1.82) is 0 Å². The van der Waals surface area contributed by atoms with Gasteiger partial charge in [-0.2, -0.15) is 0 Å². The van der Waals surface area contributed by atoms with Gasteiger partial charge >= 0.3 is 0 Å². The highest BCUT2D eigenvalue weighted by Gasteiger charge is 2.29. The molecule has 100 valence electrons. The highest BCUT2D eigenvalue weighted by molar-refractivity contribution is 5.81. The largest absolute Gasteiger partial charge is 0.341 e. The van der Waals surface area contributed by atoms with E-state index in [0.29, 0.717) is 19.5 Å². The fraction of sp³-hybridized carbons (Fsp3) is 0.500. The number of carbonyl (C=O) groups excluding carboxylic acids is 1. The minimum absolute atomic E-state index is 0.0530. The topological polar surface area (TPSA) is 46.3 Å². The Morgan fingerprint density at radius 3 is 2.39 bits per heavy atom. The molecule has 1 amide bonds. The van der Waals surface area contributed by atoms with Crippen LogP contribution in [0.5, 0.6) is 0 Å². The Bertz CT molecular complexity index is 401. The molecule has 0 atom stereocenters. The Hall–Kier alpha value is -1.42. The lowest BCUT2D eigenvalue weighted by Gasteiger charge is -2.29. The number of nitrogens with zero attached hydrogens (tertiary/aromatic N) is 1. The number of amides is 1. The van der Waals surface area contributed by atoms with E-state index in [1.54, 1.807) is 24.1 Å². The predicted molar refractivity (Wildman–Crippen MR) is 70.3 cm³/mol. The van der Waals surface area contributed by atoms with Gasteiger partial charge in [0.05, 0.1) is 0 Å². The molecule has 0 saturated carbocycles. The third-order valence-electron chi connectivity index (χ3n) is 3.03. The molecule has 1 aromatic carbocycles. The zero-order valence-electron chi connectivity index (χ0n) is 11.2. The van der Waals surface area contributed by atoms with Crippen molar-refractivity contribution in [3.8, 4) is 0 Å². The number of rotatable bonds is 5. The monoisotopic (exact) mass is 252 g/mol. The summed E-state index contributed by atoms with van der Waals surface area (Å²) in [7, 11) is 1.75. The standard InChI is InChI=1S/C14H21FN2O/c1-14(2,8-9-16)13(18)17(3)10-11-4-6-12(15)7-5-11/h4-7H,8-10,16H2,1-3H3. The first-order valence-electron chi connectivity index (χ1n) is 6.07. The van der Waals surface area contributed by atoms with Crippen molar-refractivity contribution in [2.75, 3.05) is 13.6 Å². The van der Waals surface area contributed by atoms with Crippen molar-refractivity contribution in [2.24, 2.45) is 11.1 Å². The lowest BCUT2D eigenvalue weighted by Crippen LogP contribution is -2.39. The van der Waals surface area contributed by atoms with Gasteiger partial charge in [-0.05, 0) is 30.7 Å². The first kappa shape index (κ1) is 14.6. The average Bonchev–Trinajstić information content (AvgIpc) is 2.31. The average molecular weight is 252 g/mol. The number of nitrogens with two attached hydrogens (primary N) is 1. The Balaban J connectivity index is 2.67. The molecule has 0 aliphatic rings. The molecule has 0 saturated heterocycles. The van der Waals surface area contributed by atoms with Crippen LogP contribution in [-0.2, 0) is 11.3 Å². The van der Waals surface area contributed by atoms with Gasteiger partial charge in [-0.25, -0.2) is 4.39 Å². The smallest absolute Gasteiger partial charge is 0.228 e. The van der Waals surface area contributed by atoms with E-state index in [9.17, 15) is 9.18 Å². The third-order valence-corrected chi connectivity index (χ3v) is 3.03. The quantitative estimate of drug-likeness (QED) is 0.873. The van der Waals surface area contributed by atoms with E-state index in [2.05, 4.69) is 0 Å². The molecular formula is C14H21FN2O. The Labute approximate surface area is 108 Å². The van der Waals surface area contributed by atoms with Gasteiger partial charge in [-0.1, -0.05) is 26.0 Å². The van der Waals surface area contributed by atoms with Crippen molar-refractivity contribution >= 4 is 5.91 Å². The van der Waals surface area contributed by atoms with Crippen molar-refractivity contribution in [3.63, 3.8) is 0 Å². The Kier molecular flexibility index (Phi) is 4.84. The van der Waals surface area contributed by atoms with Crippen molar-refractivity contribution in [3.05, 3.63) is 35.6 Å². The third kappa shape index (κ3) is 3.81. The first-order chi connectivity index (χ1) is 8.36. The van der Waals surface area contributed by atoms with Crippen molar-refractivity contribution < 1.29 is 9.18 Å². The van der Waals surface area contributed by atoms with Crippen LogP contribution >= 0.6 is 0 Å². The highest BCUT2D eigenvalue weighted by atomic mass is 19.1. The minimum Gasteiger partial charge on any atom is -0.341 e. The van der Waals surface area contributed by atoms with E-state index in [-0.39, 0.29) is 11.7 Å². The van der Waals surface area contributed by atoms with E-state index in [1.165, 1.54) is 12.1 Å². The van der Waals surface area contributed by atoms with Crippen LogP contribution in [0.3, 0.4) is 0 Å². The summed E-state index contributed by atoms with van der Waals surface area (Å²) in [6.45, 7) is 4.75. The van der Waals surface area contributed by atoms with Crippen LogP contribution < -0.4 is 5.73 Å². The maximum Gasteiger partial charge on any atom is 0.228 e. The molecule has 0 unspecified atom stereocenters. The van der Waals surface area contributed by atoms with E-state index >= 15 is 0 Å². The van der Waals surface area contributed by atoms with Crippen LogP contribution in [0.1, 0.15) is 25.8 Å². The highest BCUT2D eigenvalue weighted by Crippen LogP contribution is 2.23. The fourth-order valence-corrected chi connectivity index (χ4v) is 1.92. The maximum atomic E-state index is 12.8. The van der Waals surface area contributed by atoms with Gasteiger partial charge in [0.15, 0.2) is 0 Å². The summed E-state index contributed by atoms with van der Waals surface area (Å²) >= 11 is 0. The minimum atomic E-state index is -0.455. The van der Waals surface area contributed by atoms with Crippen LogP contribution in [0.15, 0.2) is 24.3 Å².